The number of rotatable bonds is 6. The van der Waals surface area contributed by atoms with Gasteiger partial charge in [-0.25, -0.2) is 14.1 Å². The van der Waals surface area contributed by atoms with E-state index in [4.69, 9.17) is 9.47 Å². The van der Waals surface area contributed by atoms with E-state index in [1.807, 2.05) is 19.9 Å². The number of barbiturate groups is 1. The van der Waals surface area contributed by atoms with Crippen LogP contribution in [0.3, 0.4) is 0 Å². The molecule has 36 heavy (non-hydrogen) atoms. The third-order valence-electron chi connectivity index (χ3n) is 5.43. The van der Waals surface area contributed by atoms with E-state index in [-0.39, 0.29) is 18.0 Å². The molecule has 0 unspecified atom stereocenters. The highest BCUT2D eigenvalue weighted by Gasteiger charge is 2.37. The molecule has 1 N–H and O–H groups in total. The molecule has 1 fully saturated rings. The van der Waals surface area contributed by atoms with E-state index < -0.39 is 17.8 Å². The largest absolute Gasteiger partial charge is 0.493 e. The van der Waals surface area contributed by atoms with Crippen LogP contribution in [-0.2, 0) is 16.2 Å². The molecular weight excluding hydrogens is 531 g/mol. The van der Waals surface area contributed by atoms with Gasteiger partial charge in [-0.3, -0.25) is 14.9 Å². The maximum atomic E-state index is 13.5. The van der Waals surface area contributed by atoms with Crippen LogP contribution in [0.1, 0.15) is 22.3 Å². The smallest absolute Gasteiger partial charge is 0.335 e. The third kappa shape index (κ3) is 5.31. The van der Waals surface area contributed by atoms with Crippen LogP contribution >= 0.6 is 15.9 Å². The molecule has 0 aromatic heterocycles. The lowest BCUT2D eigenvalue weighted by Crippen LogP contribution is -2.54. The zero-order chi connectivity index (χ0) is 26.0. The van der Waals surface area contributed by atoms with Crippen molar-refractivity contribution in [3.63, 3.8) is 0 Å². The van der Waals surface area contributed by atoms with Crippen LogP contribution in [-0.4, -0.2) is 25.0 Å². The molecule has 1 heterocycles. The van der Waals surface area contributed by atoms with Gasteiger partial charge in [0.1, 0.15) is 18.0 Å². The summed E-state index contributed by atoms with van der Waals surface area (Å²) in [6.07, 6.45) is 1.38. The SMILES string of the molecule is COc1cc(/C=C2\C(=O)NC(=O)N(c3cc(C)cc(C)c3)C2=O)c(Br)cc1OCc1cccc(F)c1. The van der Waals surface area contributed by atoms with Gasteiger partial charge in [0, 0.05) is 4.47 Å². The highest BCUT2D eigenvalue weighted by molar-refractivity contribution is 9.10. The van der Waals surface area contributed by atoms with E-state index in [0.717, 1.165) is 16.0 Å². The fourth-order valence-corrected chi connectivity index (χ4v) is 4.29. The average Bonchev–Trinajstić information content (AvgIpc) is 2.80. The van der Waals surface area contributed by atoms with Crippen molar-refractivity contribution in [1.29, 1.82) is 0 Å². The van der Waals surface area contributed by atoms with E-state index in [2.05, 4.69) is 21.2 Å². The summed E-state index contributed by atoms with van der Waals surface area (Å²) in [5.41, 5.74) is 2.98. The van der Waals surface area contributed by atoms with E-state index in [0.29, 0.717) is 32.8 Å². The molecule has 0 saturated carbocycles. The van der Waals surface area contributed by atoms with Gasteiger partial charge in [0.2, 0.25) is 0 Å². The third-order valence-corrected chi connectivity index (χ3v) is 6.12. The number of halogens is 2. The van der Waals surface area contributed by atoms with Gasteiger partial charge in [0.15, 0.2) is 11.5 Å². The van der Waals surface area contributed by atoms with Gasteiger partial charge in [-0.2, -0.15) is 0 Å². The number of carbonyl (C=O) groups excluding carboxylic acids is 3. The Balaban J connectivity index is 1.66. The zero-order valence-electron chi connectivity index (χ0n) is 19.7. The van der Waals surface area contributed by atoms with Gasteiger partial charge in [-0.15, -0.1) is 0 Å². The quantitative estimate of drug-likeness (QED) is 0.324. The van der Waals surface area contributed by atoms with Crippen LogP contribution in [0.25, 0.3) is 6.08 Å². The number of nitrogens with zero attached hydrogens (tertiary/aromatic N) is 1. The number of hydrogen-bond donors (Lipinski definition) is 1. The first-order valence-corrected chi connectivity index (χ1v) is 11.7. The Labute approximate surface area is 215 Å². The van der Waals surface area contributed by atoms with Gasteiger partial charge < -0.3 is 9.47 Å². The first-order valence-electron chi connectivity index (χ1n) is 10.9. The van der Waals surface area contributed by atoms with Crippen molar-refractivity contribution in [1.82, 2.24) is 5.32 Å². The lowest BCUT2D eigenvalue weighted by molar-refractivity contribution is -0.122. The molecule has 1 saturated heterocycles. The summed E-state index contributed by atoms with van der Waals surface area (Å²) in [4.78, 5) is 39.3. The van der Waals surface area contributed by atoms with Gasteiger partial charge in [0.05, 0.1) is 12.8 Å². The van der Waals surface area contributed by atoms with Crippen molar-refractivity contribution in [3.8, 4) is 11.5 Å². The Kier molecular flexibility index (Phi) is 7.21. The summed E-state index contributed by atoms with van der Waals surface area (Å²) in [6.45, 7) is 3.81. The fourth-order valence-electron chi connectivity index (χ4n) is 3.85. The monoisotopic (exact) mass is 552 g/mol. The number of ether oxygens (including phenoxy) is 2. The maximum Gasteiger partial charge on any atom is 0.335 e. The predicted molar refractivity (Wildman–Crippen MR) is 136 cm³/mol. The molecule has 0 aliphatic carbocycles. The normalized spacial score (nSPS) is 14.8. The number of hydrogen-bond acceptors (Lipinski definition) is 5. The highest BCUT2D eigenvalue weighted by atomic mass is 79.9. The Bertz CT molecular complexity index is 1400. The molecule has 1 aliphatic rings. The molecule has 0 radical (unpaired) electrons. The van der Waals surface area contributed by atoms with Crippen LogP contribution in [0.15, 0.2) is 64.6 Å². The van der Waals surface area contributed by atoms with Crippen molar-refractivity contribution in [2.75, 3.05) is 12.0 Å². The summed E-state index contributed by atoms with van der Waals surface area (Å²) < 4.78 is 25.2. The van der Waals surface area contributed by atoms with Crippen molar-refractivity contribution < 1.29 is 28.2 Å². The Hall–Kier alpha value is -3.98. The average molecular weight is 553 g/mol. The van der Waals surface area contributed by atoms with Crippen LogP contribution < -0.4 is 19.7 Å². The van der Waals surface area contributed by atoms with Gasteiger partial charge in [-0.1, -0.05) is 34.1 Å². The number of amides is 4. The predicted octanol–water partition coefficient (Wildman–Crippen LogP) is 5.46. The first kappa shape index (κ1) is 25.1. The van der Waals surface area contributed by atoms with Crippen molar-refractivity contribution in [2.45, 2.75) is 20.5 Å². The number of urea groups is 1. The van der Waals surface area contributed by atoms with Gasteiger partial charge in [-0.05, 0) is 78.6 Å². The number of carbonyl (C=O) groups is 3. The standard InChI is InChI=1S/C27H22BrFN2O5/c1-15-7-16(2)9-20(8-15)31-26(33)21(25(32)30-27(31)34)11-18-12-23(35-3)24(13-22(18)28)36-14-17-5-4-6-19(29)10-17/h4-13H,14H2,1-3H3,(H,30,32,34)/b21-11+. The number of aryl methyl sites for hydroxylation is 2. The molecule has 3 aromatic rings. The molecule has 4 amide bonds. The molecule has 7 nitrogen and oxygen atoms in total. The van der Waals surface area contributed by atoms with Crippen LogP contribution in [0.4, 0.5) is 14.9 Å². The number of methoxy groups -OCH3 is 1. The highest BCUT2D eigenvalue weighted by Crippen LogP contribution is 2.36. The molecule has 0 bridgehead atoms. The first-order chi connectivity index (χ1) is 17.2. The topological polar surface area (TPSA) is 84.9 Å². The summed E-state index contributed by atoms with van der Waals surface area (Å²) in [7, 11) is 1.45. The molecule has 1 aliphatic heterocycles. The van der Waals surface area contributed by atoms with Crippen molar-refractivity contribution in [3.05, 3.63) is 92.7 Å². The minimum Gasteiger partial charge on any atom is -0.493 e. The van der Waals surface area contributed by atoms with E-state index in [1.165, 1.54) is 25.3 Å². The lowest BCUT2D eigenvalue weighted by atomic mass is 10.0. The minimum atomic E-state index is -0.815. The Morgan fingerprint density at radius 2 is 1.72 bits per heavy atom. The molecule has 3 aromatic carbocycles. The fraction of sp³-hybridized carbons (Fsp3) is 0.148. The molecule has 184 valence electrons. The summed E-state index contributed by atoms with van der Waals surface area (Å²) in [5, 5.41) is 2.23. The Morgan fingerprint density at radius 3 is 2.39 bits per heavy atom. The number of nitrogens with one attached hydrogen (secondary N) is 1. The zero-order valence-corrected chi connectivity index (χ0v) is 21.3. The van der Waals surface area contributed by atoms with Crippen LogP contribution in [0.2, 0.25) is 0 Å². The summed E-state index contributed by atoms with van der Waals surface area (Å²) in [6, 6.07) is 13.8. The second-order valence-electron chi connectivity index (χ2n) is 8.25. The Morgan fingerprint density at radius 1 is 1.00 bits per heavy atom. The number of anilines is 1. The second kappa shape index (κ2) is 10.3. The molecule has 0 spiro atoms. The van der Waals surface area contributed by atoms with Gasteiger partial charge >= 0.3 is 6.03 Å². The number of benzene rings is 3. The van der Waals surface area contributed by atoms with E-state index in [1.54, 1.807) is 36.4 Å². The van der Waals surface area contributed by atoms with Crippen molar-refractivity contribution in [2.24, 2.45) is 0 Å². The molecule has 9 heteroatoms. The van der Waals surface area contributed by atoms with Crippen LogP contribution in [0, 0.1) is 19.7 Å². The van der Waals surface area contributed by atoms with E-state index in [9.17, 15) is 18.8 Å². The lowest BCUT2D eigenvalue weighted by Gasteiger charge is -2.27. The second-order valence-corrected chi connectivity index (χ2v) is 9.10. The number of imide groups is 2. The minimum absolute atomic E-state index is 0.106. The van der Waals surface area contributed by atoms with Crippen LogP contribution in [0.5, 0.6) is 11.5 Å². The summed E-state index contributed by atoms with van der Waals surface area (Å²) >= 11 is 3.44. The molecule has 0 atom stereocenters. The van der Waals surface area contributed by atoms with E-state index >= 15 is 0 Å². The maximum absolute atomic E-state index is 13.5. The van der Waals surface area contributed by atoms with Crippen molar-refractivity contribution >= 4 is 45.5 Å². The summed E-state index contributed by atoms with van der Waals surface area (Å²) in [5.74, 6) is -1.20. The molecule has 4 rings (SSSR count). The van der Waals surface area contributed by atoms with Gasteiger partial charge in [0.25, 0.3) is 11.8 Å². The molecular formula is C27H22BrFN2O5.